The van der Waals surface area contributed by atoms with Gasteiger partial charge in [0.1, 0.15) is 22.9 Å². The lowest BCUT2D eigenvalue weighted by Gasteiger charge is -2.12. The average molecular weight is 446 g/mol. The highest BCUT2D eigenvalue weighted by Gasteiger charge is 2.29. The number of nitriles is 1. The maximum atomic E-state index is 13.5. The molecule has 9 nitrogen and oxygen atoms in total. The van der Waals surface area contributed by atoms with E-state index in [4.69, 9.17) is 10.00 Å². The number of nitrogens with zero attached hydrogens (tertiary/aromatic N) is 3. The Hall–Kier alpha value is -3.67. The summed E-state index contributed by atoms with van der Waals surface area (Å²) in [5.41, 5.74) is -0.317. The zero-order valence-corrected chi connectivity index (χ0v) is 17.5. The number of carbonyl (C=O) groups excluding carboxylic acids is 1. The van der Waals surface area contributed by atoms with Gasteiger partial charge in [-0.3, -0.25) is 4.79 Å². The number of hydrogen-bond donors (Lipinski definition) is 2. The van der Waals surface area contributed by atoms with Crippen LogP contribution in [0.4, 0.5) is 10.1 Å². The first-order valence-electron chi connectivity index (χ1n) is 8.81. The second-order valence-corrected chi connectivity index (χ2v) is 7.84. The van der Waals surface area contributed by atoms with E-state index < -0.39 is 27.9 Å². The monoisotopic (exact) mass is 446 g/mol. The predicted molar refractivity (Wildman–Crippen MR) is 111 cm³/mol. The molecule has 31 heavy (non-hydrogen) atoms. The van der Waals surface area contributed by atoms with Crippen molar-refractivity contribution in [1.82, 2.24) is 4.57 Å². The van der Waals surface area contributed by atoms with Gasteiger partial charge in [-0.2, -0.15) is 18.1 Å². The minimum absolute atomic E-state index is 0.0568. The molecule has 0 fully saturated rings. The van der Waals surface area contributed by atoms with Crippen LogP contribution in [0.3, 0.4) is 0 Å². The minimum atomic E-state index is -4.21. The molecule has 1 amide bonds. The summed E-state index contributed by atoms with van der Waals surface area (Å²) < 4.78 is 47.9. The molecule has 0 saturated heterocycles. The number of halogens is 1. The Morgan fingerprint density at radius 1 is 1.48 bits per heavy atom. The number of aromatic nitrogens is 1. The number of benzene rings is 1. The van der Waals surface area contributed by atoms with Gasteiger partial charge in [0.2, 0.25) is 0 Å². The topological polar surface area (TPSA) is 134 Å². The molecule has 1 atom stereocenters. The summed E-state index contributed by atoms with van der Waals surface area (Å²) in [4.78, 5) is 12.5. The van der Waals surface area contributed by atoms with Gasteiger partial charge in [-0.1, -0.05) is 5.92 Å². The van der Waals surface area contributed by atoms with E-state index in [-0.39, 0.29) is 40.6 Å². The second kappa shape index (κ2) is 9.89. The van der Waals surface area contributed by atoms with E-state index in [0.717, 1.165) is 18.3 Å². The first-order valence-corrected chi connectivity index (χ1v) is 10.2. The van der Waals surface area contributed by atoms with Gasteiger partial charge in [0.15, 0.2) is 11.4 Å². The molecule has 0 unspecified atom stereocenters. The van der Waals surface area contributed by atoms with E-state index in [0.29, 0.717) is 0 Å². The van der Waals surface area contributed by atoms with Gasteiger partial charge in [-0.05, 0) is 25.1 Å². The lowest BCUT2D eigenvalue weighted by Crippen LogP contribution is -2.18. The van der Waals surface area contributed by atoms with E-state index in [1.807, 2.05) is 0 Å². The molecule has 0 aliphatic carbocycles. The number of amides is 1. The maximum absolute atomic E-state index is 13.5. The summed E-state index contributed by atoms with van der Waals surface area (Å²) in [5, 5.41) is 21.1. The number of aliphatic hydroxyl groups excluding tert-OH is 1. The highest BCUT2D eigenvalue weighted by molar-refractivity contribution is 7.90. The zero-order valence-electron chi connectivity index (χ0n) is 16.7. The maximum Gasteiger partial charge on any atom is 0.286 e. The molecular formula is C20H19FN4O5S. The number of ether oxygens (including phenoxy) is 1. The molecule has 2 N–H and O–H groups in total. The highest BCUT2D eigenvalue weighted by Crippen LogP contribution is 2.32. The third-order valence-electron chi connectivity index (χ3n) is 4.06. The Morgan fingerprint density at radius 2 is 2.19 bits per heavy atom. The van der Waals surface area contributed by atoms with Crippen LogP contribution in [-0.4, -0.2) is 43.4 Å². The molecule has 162 valence electrons. The number of rotatable bonds is 8. The lowest BCUT2D eigenvalue weighted by molar-refractivity contribution is 0.101. The summed E-state index contributed by atoms with van der Waals surface area (Å²) in [6, 6.07) is 5.07. The van der Waals surface area contributed by atoms with Crippen molar-refractivity contribution in [3.63, 3.8) is 0 Å². The van der Waals surface area contributed by atoms with E-state index >= 15 is 0 Å². The Morgan fingerprint density at radius 3 is 2.81 bits per heavy atom. The average Bonchev–Trinajstić information content (AvgIpc) is 3.06. The van der Waals surface area contributed by atoms with Crippen LogP contribution in [0.1, 0.15) is 29.4 Å². The fourth-order valence-corrected chi connectivity index (χ4v) is 3.44. The van der Waals surface area contributed by atoms with Gasteiger partial charge < -0.3 is 19.7 Å². The molecule has 1 aromatic heterocycles. The first-order chi connectivity index (χ1) is 14.6. The normalized spacial score (nSPS) is 11.6. The molecular weight excluding hydrogens is 427 g/mol. The van der Waals surface area contributed by atoms with Crippen molar-refractivity contribution >= 4 is 28.3 Å². The fourth-order valence-electron chi connectivity index (χ4n) is 2.62. The number of sulfonamides is 1. The molecule has 0 saturated carbocycles. The number of aryl methyl sites for hydroxylation is 1. The van der Waals surface area contributed by atoms with Gasteiger partial charge in [0.25, 0.3) is 15.9 Å². The quantitative estimate of drug-likeness (QED) is 0.469. The molecule has 0 bridgehead atoms. The molecule has 0 radical (unpaired) electrons. The summed E-state index contributed by atoms with van der Waals surface area (Å²) in [6.07, 6.45) is 0.204. The van der Waals surface area contributed by atoms with Crippen molar-refractivity contribution in [3.05, 3.63) is 41.5 Å². The Balaban J connectivity index is 2.42. The first kappa shape index (κ1) is 23.6. The number of hydrogen-bond acceptors (Lipinski definition) is 6. The van der Waals surface area contributed by atoms with Crippen LogP contribution in [0.25, 0.3) is 0 Å². The van der Waals surface area contributed by atoms with Crippen molar-refractivity contribution in [3.8, 4) is 23.7 Å². The summed E-state index contributed by atoms with van der Waals surface area (Å²) in [6.45, 7) is 4.44. The molecule has 2 rings (SSSR count). The zero-order chi connectivity index (χ0) is 23.2. The molecule has 2 aromatic rings. The van der Waals surface area contributed by atoms with E-state index in [1.54, 1.807) is 13.0 Å². The number of anilines is 1. The van der Waals surface area contributed by atoms with Crippen LogP contribution in [0.15, 0.2) is 33.7 Å². The molecule has 0 aliphatic rings. The van der Waals surface area contributed by atoms with E-state index in [1.165, 1.54) is 17.7 Å². The number of aliphatic hydroxyl groups is 1. The third kappa shape index (κ3) is 5.48. The number of carbonyl (C=O) groups is 1. The Bertz CT molecular complexity index is 1220. The van der Waals surface area contributed by atoms with Crippen LogP contribution in [0.2, 0.25) is 0 Å². The predicted octanol–water partition coefficient (Wildman–Crippen LogP) is 1.83. The molecule has 0 aliphatic heterocycles. The summed E-state index contributed by atoms with van der Waals surface area (Å²) in [5.74, 6) is 3.25. The Kier molecular flexibility index (Phi) is 7.53. The van der Waals surface area contributed by atoms with Crippen molar-refractivity contribution in [1.29, 1.82) is 5.26 Å². The van der Waals surface area contributed by atoms with Crippen molar-refractivity contribution in [2.45, 2.75) is 24.3 Å². The van der Waals surface area contributed by atoms with Crippen molar-refractivity contribution in [2.75, 3.05) is 11.9 Å². The van der Waals surface area contributed by atoms with Gasteiger partial charge in [0, 0.05) is 32.1 Å². The molecule has 1 heterocycles. The standard InChI is InChI=1S/C20H19FN4O5S/c1-4-5-15(26)8-9-30-19-17(31(28,29)23-2)12-25(3)18(19)20(27)24-14-6-7-16(21)13(10-14)11-22/h6-7,10,12,15,26H,2,8-9H2,1,3H3,(H,24,27)/t15-/m1/s1. The van der Waals surface area contributed by atoms with E-state index in [9.17, 15) is 22.7 Å². The van der Waals surface area contributed by atoms with Gasteiger partial charge >= 0.3 is 0 Å². The van der Waals surface area contributed by atoms with Gasteiger partial charge in [-0.25, -0.2) is 4.39 Å². The highest BCUT2D eigenvalue weighted by atomic mass is 32.2. The summed E-state index contributed by atoms with van der Waals surface area (Å²) in [7, 11) is -2.79. The van der Waals surface area contributed by atoms with Crippen molar-refractivity contribution in [2.24, 2.45) is 11.4 Å². The Labute approximate surface area is 178 Å². The SMILES string of the molecule is C=NS(=O)(=O)c1cn(C)c(C(=O)Nc2ccc(F)c(C#N)c2)c1OCC[C@H](O)C#CC. The van der Waals surface area contributed by atoms with Crippen LogP contribution < -0.4 is 10.1 Å². The number of nitrogens with one attached hydrogen (secondary N) is 1. The molecule has 1 aromatic carbocycles. The molecule has 0 spiro atoms. The minimum Gasteiger partial charge on any atom is -0.490 e. The smallest absolute Gasteiger partial charge is 0.286 e. The van der Waals surface area contributed by atoms with Crippen LogP contribution >= 0.6 is 0 Å². The summed E-state index contributed by atoms with van der Waals surface area (Å²) >= 11 is 0. The lowest BCUT2D eigenvalue weighted by atomic mass is 10.2. The second-order valence-electron chi connectivity index (χ2n) is 6.19. The van der Waals surface area contributed by atoms with Gasteiger partial charge in [0.05, 0.1) is 12.2 Å². The van der Waals surface area contributed by atoms with Gasteiger partial charge in [-0.15, -0.1) is 5.92 Å². The molecule has 11 heteroatoms. The fraction of sp³-hybridized carbons (Fsp3) is 0.250. The van der Waals surface area contributed by atoms with Crippen LogP contribution in [0.5, 0.6) is 5.75 Å². The van der Waals surface area contributed by atoms with Crippen molar-refractivity contribution < 1.29 is 27.4 Å². The largest absolute Gasteiger partial charge is 0.490 e. The third-order valence-corrected chi connectivity index (χ3v) is 5.25. The van der Waals surface area contributed by atoms with Crippen LogP contribution in [-0.2, 0) is 17.1 Å². The van der Waals surface area contributed by atoms with Crippen LogP contribution in [0, 0.1) is 29.0 Å². The van der Waals surface area contributed by atoms with E-state index in [2.05, 4.69) is 28.3 Å².